The first-order chi connectivity index (χ1) is 18.1. The number of carbonyl (C=O) groups excluding carboxylic acids is 3. The summed E-state index contributed by atoms with van der Waals surface area (Å²) in [6.45, 7) is 6.80. The number of rotatable bonds is 13. The average molecular weight is 548 g/mol. The lowest BCUT2D eigenvalue weighted by Crippen LogP contribution is -2.62. The molecule has 1 aliphatic rings. The van der Waals surface area contributed by atoms with Gasteiger partial charge in [0.05, 0.1) is 6.04 Å². The molecule has 0 bridgehead atoms. The van der Waals surface area contributed by atoms with E-state index >= 15 is 0 Å². The molecule has 1 heterocycles. The van der Waals surface area contributed by atoms with Gasteiger partial charge in [-0.1, -0.05) is 76.8 Å². The molecular formula is C28H45N5O4S. The van der Waals surface area contributed by atoms with Crippen LogP contribution in [-0.2, 0) is 11.3 Å². The maximum atomic E-state index is 13.8. The number of hydrogen-bond donors (Lipinski definition) is 2. The molecule has 1 atom stereocenters. The Bertz CT molecular complexity index is 1090. The van der Waals surface area contributed by atoms with Gasteiger partial charge in [-0.15, -0.1) is 10.2 Å². The molecule has 3 rings (SSSR count). The molecule has 1 saturated carbocycles. The van der Waals surface area contributed by atoms with Crippen molar-refractivity contribution in [1.29, 1.82) is 0 Å². The highest BCUT2D eigenvalue weighted by Gasteiger charge is 2.42. The van der Waals surface area contributed by atoms with Crippen molar-refractivity contribution in [2.24, 2.45) is 0 Å². The van der Waals surface area contributed by atoms with Crippen molar-refractivity contribution in [3.05, 3.63) is 41.3 Å². The van der Waals surface area contributed by atoms with E-state index in [2.05, 4.69) is 25.7 Å². The molecule has 2 aromatic rings. The Hall–Kier alpha value is -2.72. The van der Waals surface area contributed by atoms with E-state index in [1.54, 1.807) is 12.1 Å². The van der Waals surface area contributed by atoms with Crippen LogP contribution in [0.25, 0.3) is 0 Å². The van der Waals surface area contributed by atoms with Crippen LogP contribution >= 0.6 is 11.8 Å². The molecule has 0 radical (unpaired) electrons. The minimum absolute atomic E-state index is 0. The van der Waals surface area contributed by atoms with E-state index in [-0.39, 0.29) is 25.8 Å². The maximum absolute atomic E-state index is 13.8. The van der Waals surface area contributed by atoms with Crippen LogP contribution in [0.2, 0.25) is 0 Å². The van der Waals surface area contributed by atoms with E-state index in [9.17, 15) is 14.4 Å². The summed E-state index contributed by atoms with van der Waals surface area (Å²) >= 11 is 1.38. The van der Waals surface area contributed by atoms with E-state index in [0.717, 1.165) is 44.2 Å². The molecule has 0 spiro atoms. The first-order valence-corrected chi connectivity index (χ1v) is 14.4. The van der Waals surface area contributed by atoms with Gasteiger partial charge in [0.15, 0.2) is 0 Å². The van der Waals surface area contributed by atoms with Gasteiger partial charge in [-0.05, 0) is 51.1 Å². The number of amides is 2. The normalized spacial score (nSPS) is 15.9. The van der Waals surface area contributed by atoms with Gasteiger partial charge in [-0.3, -0.25) is 14.4 Å². The van der Waals surface area contributed by atoms with Gasteiger partial charge in [-0.2, -0.15) is 0 Å². The summed E-state index contributed by atoms with van der Waals surface area (Å²) in [7, 11) is 3.99. The number of thioether (sulfide) groups is 1. The van der Waals surface area contributed by atoms with Crippen LogP contribution in [0.3, 0.4) is 0 Å². The maximum Gasteiger partial charge on any atom is 0.286 e. The smallest absolute Gasteiger partial charge is 0.286 e. The van der Waals surface area contributed by atoms with Gasteiger partial charge >= 0.3 is 0 Å². The zero-order chi connectivity index (χ0) is 27.7. The number of ketones is 1. The summed E-state index contributed by atoms with van der Waals surface area (Å²) < 4.78 is 5.59. The monoisotopic (exact) mass is 547 g/mol. The lowest BCUT2D eigenvalue weighted by atomic mass is 9.80. The molecule has 1 unspecified atom stereocenters. The molecule has 1 aromatic heterocycles. The number of nitrogens with zero attached hydrogens (tertiary/aromatic N) is 3. The van der Waals surface area contributed by atoms with Crippen molar-refractivity contribution in [3.8, 4) is 0 Å². The van der Waals surface area contributed by atoms with Gasteiger partial charge in [-0.25, -0.2) is 0 Å². The molecule has 9 nitrogen and oxygen atoms in total. The van der Waals surface area contributed by atoms with Crippen LogP contribution in [-0.4, -0.2) is 63.6 Å². The Morgan fingerprint density at radius 1 is 1.11 bits per heavy atom. The third-order valence-corrected chi connectivity index (χ3v) is 7.47. The summed E-state index contributed by atoms with van der Waals surface area (Å²) in [6.07, 6.45) is 5.75. The van der Waals surface area contributed by atoms with Gasteiger partial charge < -0.3 is 20.0 Å². The molecule has 10 heteroatoms. The fraction of sp³-hybridized carbons (Fsp3) is 0.607. The molecule has 0 saturated heterocycles. The molecule has 0 aliphatic heterocycles. The highest BCUT2D eigenvalue weighted by Crippen LogP contribution is 2.30. The SMILES string of the molecule is CCCCC(NC(=O)C1(NC(=O)c2ccc(CN(C)C)cc2)CCCCC1)C(=O)c1nnc(SC(C)C)o1.[HH].[HH]. The summed E-state index contributed by atoms with van der Waals surface area (Å²) in [6, 6.07) is 6.63. The minimum atomic E-state index is -1.07. The molecule has 1 aromatic carbocycles. The number of Topliss-reactive ketones (excluding diaryl/α,β-unsaturated/α-hetero) is 1. The van der Waals surface area contributed by atoms with E-state index in [1.165, 1.54) is 11.8 Å². The number of nitrogens with one attached hydrogen (secondary N) is 2. The second-order valence-corrected chi connectivity index (χ2v) is 12.1. The van der Waals surface area contributed by atoms with Crippen molar-refractivity contribution < 1.29 is 21.7 Å². The highest BCUT2D eigenvalue weighted by molar-refractivity contribution is 7.99. The number of aromatic nitrogens is 2. The third-order valence-electron chi connectivity index (χ3n) is 6.63. The van der Waals surface area contributed by atoms with Crippen molar-refractivity contribution >= 4 is 29.4 Å². The largest absolute Gasteiger partial charge is 0.408 e. The summed E-state index contributed by atoms with van der Waals surface area (Å²) in [5.74, 6) is -1.12. The van der Waals surface area contributed by atoms with Gasteiger partial charge in [0, 0.05) is 20.2 Å². The fourth-order valence-electron chi connectivity index (χ4n) is 4.66. The highest BCUT2D eigenvalue weighted by atomic mass is 32.2. The van der Waals surface area contributed by atoms with Crippen molar-refractivity contribution in [1.82, 2.24) is 25.7 Å². The van der Waals surface area contributed by atoms with Crippen LogP contribution in [0, 0.1) is 0 Å². The summed E-state index contributed by atoms with van der Waals surface area (Å²) in [5, 5.41) is 14.5. The second-order valence-electron chi connectivity index (χ2n) is 10.6. The lowest BCUT2D eigenvalue weighted by molar-refractivity contribution is -0.129. The van der Waals surface area contributed by atoms with E-state index in [1.807, 2.05) is 47.0 Å². The molecule has 38 heavy (non-hydrogen) atoms. The quantitative estimate of drug-likeness (QED) is 0.262. The number of unbranched alkanes of at least 4 members (excludes halogenated alkanes) is 1. The van der Waals surface area contributed by atoms with E-state index in [4.69, 9.17) is 4.42 Å². The van der Waals surface area contributed by atoms with E-state index < -0.39 is 17.4 Å². The number of carbonyl (C=O) groups is 3. The molecule has 2 amide bonds. The van der Waals surface area contributed by atoms with Crippen LogP contribution in [0.1, 0.15) is 102 Å². The van der Waals surface area contributed by atoms with Crippen molar-refractivity contribution in [2.75, 3.05) is 14.1 Å². The van der Waals surface area contributed by atoms with Gasteiger partial charge in [0.1, 0.15) is 5.54 Å². The third kappa shape index (κ3) is 8.14. The molecule has 1 fully saturated rings. The molecule has 1 aliphatic carbocycles. The standard InChI is InChI=1S/C28H41N5O4S.2H2/c1-6-7-11-22(23(34)25-31-32-27(37-25)38-19(2)3)29-26(36)28(16-9-8-10-17-28)30-24(35)21-14-12-20(13-15-21)18-33(4)5;;/h12-15,19,22H,6-11,16-18H2,1-5H3,(H,29,36)(H,30,35);2*1H. The van der Waals surface area contributed by atoms with Crippen molar-refractivity contribution in [3.63, 3.8) is 0 Å². The van der Waals surface area contributed by atoms with Crippen molar-refractivity contribution in [2.45, 2.75) is 101 Å². The predicted molar refractivity (Wildman–Crippen MR) is 152 cm³/mol. The molecule has 2 N–H and O–H groups in total. The Morgan fingerprint density at radius 2 is 1.79 bits per heavy atom. The molecular weight excluding hydrogens is 502 g/mol. The zero-order valence-electron chi connectivity index (χ0n) is 23.2. The van der Waals surface area contributed by atoms with Crippen LogP contribution in [0.4, 0.5) is 0 Å². The Kier molecular flexibility index (Phi) is 10.9. The Labute approximate surface area is 232 Å². The van der Waals surface area contributed by atoms with Gasteiger partial charge in [0.2, 0.25) is 11.7 Å². The topological polar surface area (TPSA) is 117 Å². The number of hydrogen-bond acceptors (Lipinski definition) is 8. The summed E-state index contributed by atoms with van der Waals surface area (Å²) in [5.41, 5.74) is 0.533. The average Bonchev–Trinajstić information content (AvgIpc) is 3.34. The van der Waals surface area contributed by atoms with Crippen LogP contribution in [0.15, 0.2) is 33.9 Å². The van der Waals surface area contributed by atoms with Crippen LogP contribution in [0.5, 0.6) is 0 Å². The predicted octanol–water partition coefficient (Wildman–Crippen LogP) is 5.11. The zero-order valence-corrected chi connectivity index (χ0v) is 24.0. The number of benzene rings is 1. The first-order valence-electron chi connectivity index (χ1n) is 13.5. The van der Waals surface area contributed by atoms with Gasteiger partial charge in [0.25, 0.3) is 17.0 Å². The first kappa shape index (κ1) is 29.8. The minimum Gasteiger partial charge on any atom is -0.408 e. The Balaban J connectivity index is 0.00000400. The second kappa shape index (κ2) is 13.9. The fourth-order valence-corrected chi connectivity index (χ4v) is 5.28. The van der Waals surface area contributed by atoms with Crippen LogP contribution < -0.4 is 10.6 Å². The lowest BCUT2D eigenvalue weighted by Gasteiger charge is -2.37. The Morgan fingerprint density at radius 3 is 2.39 bits per heavy atom. The van der Waals surface area contributed by atoms with E-state index in [0.29, 0.717) is 30.0 Å². The summed E-state index contributed by atoms with van der Waals surface area (Å²) in [4.78, 5) is 42.4. The molecule has 212 valence electrons.